The molecule has 1 fully saturated rings. The average Bonchev–Trinajstić information content (AvgIpc) is 2.30. The summed E-state index contributed by atoms with van der Waals surface area (Å²) in [5.41, 5.74) is 5.52. The predicted molar refractivity (Wildman–Crippen MR) is 58.2 cm³/mol. The maximum atomic E-state index is 5.95. The first-order valence-corrected chi connectivity index (χ1v) is 5.17. The molecule has 15 heavy (non-hydrogen) atoms. The van der Waals surface area contributed by atoms with E-state index in [-0.39, 0.29) is 0 Å². The maximum Gasteiger partial charge on any atom is 0.129 e. The molecule has 0 amide bonds. The number of methoxy groups -OCH3 is 2. The largest absolute Gasteiger partial charge is 0.385 e. The van der Waals surface area contributed by atoms with Crippen LogP contribution in [0.25, 0.3) is 0 Å². The summed E-state index contributed by atoms with van der Waals surface area (Å²) >= 11 is 0. The zero-order chi connectivity index (χ0) is 11.1. The van der Waals surface area contributed by atoms with E-state index in [4.69, 9.17) is 19.9 Å². The van der Waals surface area contributed by atoms with Crippen LogP contribution in [0.5, 0.6) is 0 Å². The van der Waals surface area contributed by atoms with Gasteiger partial charge in [0.05, 0.1) is 13.2 Å². The number of ether oxygens (including phenoxy) is 3. The van der Waals surface area contributed by atoms with Gasteiger partial charge in [-0.1, -0.05) is 0 Å². The van der Waals surface area contributed by atoms with Crippen molar-refractivity contribution >= 4 is 5.84 Å². The Morgan fingerprint density at radius 2 is 2.07 bits per heavy atom. The first-order valence-electron chi connectivity index (χ1n) is 5.17. The molecule has 0 aliphatic carbocycles. The fraction of sp³-hybridized carbons (Fsp3) is 0.900. The van der Waals surface area contributed by atoms with Gasteiger partial charge in [0.2, 0.25) is 0 Å². The molecule has 0 saturated carbocycles. The molecule has 2 N–H and O–H groups in total. The standard InChI is InChI=1S/C10H20N2O3/c1-13-8-5-12-9(11)10(14-2)3-6-15-7-4-10/h3-8H2,1-2H3,(H2,11,12). The van der Waals surface area contributed by atoms with Gasteiger partial charge in [0.25, 0.3) is 0 Å². The third-order valence-electron chi connectivity index (χ3n) is 2.74. The highest BCUT2D eigenvalue weighted by molar-refractivity contribution is 5.89. The summed E-state index contributed by atoms with van der Waals surface area (Å²) in [7, 11) is 3.32. The summed E-state index contributed by atoms with van der Waals surface area (Å²) in [6.45, 7) is 2.51. The van der Waals surface area contributed by atoms with Crippen LogP contribution in [0.4, 0.5) is 0 Å². The van der Waals surface area contributed by atoms with Gasteiger partial charge in [-0.15, -0.1) is 0 Å². The van der Waals surface area contributed by atoms with Crippen molar-refractivity contribution < 1.29 is 14.2 Å². The number of aliphatic imine (C=N–C) groups is 1. The molecule has 5 nitrogen and oxygen atoms in total. The van der Waals surface area contributed by atoms with Crippen molar-refractivity contribution in [3.8, 4) is 0 Å². The molecule has 1 rings (SSSR count). The van der Waals surface area contributed by atoms with Crippen molar-refractivity contribution in [2.45, 2.75) is 18.4 Å². The third-order valence-corrected chi connectivity index (χ3v) is 2.74. The highest BCUT2D eigenvalue weighted by Crippen LogP contribution is 2.24. The van der Waals surface area contributed by atoms with E-state index >= 15 is 0 Å². The van der Waals surface area contributed by atoms with Crippen LogP contribution >= 0.6 is 0 Å². The normalized spacial score (nSPS) is 21.6. The van der Waals surface area contributed by atoms with Crippen LogP contribution in [0.15, 0.2) is 4.99 Å². The summed E-state index contributed by atoms with van der Waals surface area (Å²) in [6.07, 6.45) is 1.54. The summed E-state index contributed by atoms with van der Waals surface area (Å²) in [4.78, 5) is 4.27. The van der Waals surface area contributed by atoms with Gasteiger partial charge in [-0.2, -0.15) is 0 Å². The van der Waals surface area contributed by atoms with Gasteiger partial charge in [0, 0.05) is 40.3 Å². The maximum absolute atomic E-state index is 5.95. The lowest BCUT2D eigenvalue weighted by Crippen LogP contribution is -2.49. The molecule has 0 radical (unpaired) electrons. The van der Waals surface area contributed by atoms with Crippen molar-refractivity contribution in [2.75, 3.05) is 40.6 Å². The van der Waals surface area contributed by atoms with Crippen LogP contribution in [0.2, 0.25) is 0 Å². The van der Waals surface area contributed by atoms with Crippen LogP contribution in [0.1, 0.15) is 12.8 Å². The van der Waals surface area contributed by atoms with Crippen LogP contribution in [0, 0.1) is 0 Å². The second-order valence-corrected chi connectivity index (χ2v) is 3.57. The molecule has 1 heterocycles. The van der Waals surface area contributed by atoms with Gasteiger partial charge in [-0.25, -0.2) is 0 Å². The van der Waals surface area contributed by atoms with E-state index in [1.807, 2.05) is 0 Å². The number of nitrogens with zero attached hydrogens (tertiary/aromatic N) is 1. The minimum Gasteiger partial charge on any atom is -0.385 e. The average molecular weight is 216 g/mol. The van der Waals surface area contributed by atoms with Gasteiger partial charge in [0.15, 0.2) is 0 Å². The molecule has 1 saturated heterocycles. The van der Waals surface area contributed by atoms with Crippen LogP contribution in [-0.2, 0) is 14.2 Å². The lowest BCUT2D eigenvalue weighted by atomic mass is 9.93. The van der Waals surface area contributed by atoms with Crippen molar-refractivity contribution in [3.63, 3.8) is 0 Å². The van der Waals surface area contributed by atoms with Crippen molar-refractivity contribution in [1.82, 2.24) is 0 Å². The van der Waals surface area contributed by atoms with Crippen LogP contribution in [-0.4, -0.2) is 52.0 Å². The van der Waals surface area contributed by atoms with Crippen molar-refractivity contribution in [1.29, 1.82) is 0 Å². The topological polar surface area (TPSA) is 66.1 Å². The Kier molecular flexibility index (Phi) is 5.01. The lowest BCUT2D eigenvalue weighted by Gasteiger charge is -2.35. The van der Waals surface area contributed by atoms with E-state index in [2.05, 4.69) is 4.99 Å². The third kappa shape index (κ3) is 3.15. The van der Waals surface area contributed by atoms with E-state index < -0.39 is 5.60 Å². The zero-order valence-corrected chi connectivity index (χ0v) is 9.49. The second kappa shape index (κ2) is 6.05. The molecule has 0 aromatic heterocycles. The minimum atomic E-state index is -0.425. The molecular weight excluding hydrogens is 196 g/mol. The fourth-order valence-electron chi connectivity index (χ4n) is 1.67. The molecule has 0 aromatic carbocycles. The summed E-state index contributed by atoms with van der Waals surface area (Å²) in [5, 5.41) is 0. The highest BCUT2D eigenvalue weighted by atomic mass is 16.5. The number of hydrogen-bond donors (Lipinski definition) is 1. The first kappa shape index (κ1) is 12.4. The Labute approximate surface area is 90.6 Å². The first-order chi connectivity index (χ1) is 7.25. The summed E-state index contributed by atoms with van der Waals surface area (Å²) in [5.74, 6) is 0.561. The lowest BCUT2D eigenvalue weighted by molar-refractivity contribution is -0.0468. The Hall–Kier alpha value is -0.650. The summed E-state index contributed by atoms with van der Waals surface area (Å²) < 4.78 is 15.7. The SMILES string of the molecule is COCCN=C(N)C1(OC)CCOCC1. The molecule has 0 spiro atoms. The predicted octanol–water partition coefficient (Wildman–Crippen LogP) is 0.186. The van der Waals surface area contributed by atoms with E-state index in [0.717, 1.165) is 12.8 Å². The zero-order valence-electron chi connectivity index (χ0n) is 9.49. The monoisotopic (exact) mass is 216 g/mol. The van der Waals surface area contributed by atoms with E-state index in [1.165, 1.54) is 0 Å². The minimum absolute atomic E-state index is 0.425. The number of hydrogen-bond acceptors (Lipinski definition) is 4. The van der Waals surface area contributed by atoms with Gasteiger partial charge in [0.1, 0.15) is 11.4 Å². The quantitative estimate of drug-likeness (QED) is 0.404. The Balaban J connectivity index is 2.58. The van der Waals surface area contributed by atoms with E-state index in [1.54, 1.807) is 14.2 Å². The Morgan fingerprint density at radius 1 is 1.40 bits per heavy atom. The van der Waals surface area contributed by atoms with E-state index in [0.29, 0.717) is 32.2 Å². The smallest absolute Gasteiger partial charge is 0.129 e. The van der Waals surface area contributed by atoms with Gasteiger partial charge < -0.3 is 19.9 Å². The van der Waals surface area contributed by atoms with Gasteiger partial charge >= 0.3 is 0 Å². The van der Waals surface area contributed by atoms with Crippen LogP contribution in [0.3, 0.4) is 0 Å². The number of nitrogens with two attached hydrogens (primary N) is 1. The molecule has 1 aliphatic rings. The van der Waals surface area contributed by atoms with Gasteiger partial charge in [-0.3, -0.25) is 4.99 Å². The molecule has 1 aliphatic heterocycles. The molecule has 5 heteroatoms. The molecular formula is C10H20N2O3. The molecule has 0 aromatic rings. The molecule has 0 bridgehead atoms. The van der Waals surface area contributed by atoms with Crippen molar-refractivity contribution in [3.05, 3.63) is 0 Å². The number of rotatable bonds is 5. The van der Waals surface area contributed by atoms with Crippen LogP contribution < -0.4 is 5.73 Å². The molecule has 0 atom stereocenters. The van der Waals surface area contributed by atoms with E-state index in [9.17, 15) is 0 Å². The van der Waals surface area contributed by atoms with Gasteiger partial charge in [-0.05, 0) is 0 Å². The number of amidine groups is 1. The fourth-order valence-corrected chi connectivity index (χ4v) is 1.67. The summed E-state index contributed by atoms with van der Waals surface area (Å²) in [6, 6.07) is 0. The Bertz CT molecular complexity index is 213. The Morgan fingerprint density at radius 3 is 2.60 bits per heavy atom. The van der Waals surface area contributed by atoms with Crippen molar-refractivity contribution in [2.24, 2.45) is 10.7 Å². The highest BCUT2D eigenvalue weighted by Gasteiger charge is 2.36. The molecule has 88 valence electrons. The molecule has 0 unspecified atom stereocenters. The second-order valence-electron chi connectivity index (χ2n) is 3.57.